The van der Waals surface area contributed by atoms with E-state index in [1.807, 2.05) is 24.3 Å². The van der Waals surface area contributed by atoms with E-state index in [1.165, 1.54) is 5.56 Å². The molecular formula is C15H14N2. The number of hydrogen-bond acceptors (Lipinski definition) is 1. The van der Waals surface area contributed by atoms with Gasteiger partial charge in [0.15, 0.2) is 0 Å². The van der Waals surface area contributed by atoms with Crippen molar-refractivity contribution in [1.29, 1.82) is 0 Å². The smallest absolute Gasteiger partial charge is 0.114 e. The standard InChI is InChI=1S/C15H14N2/c1-11(12-7-3-2-4-8-12)15-16-13-9-5-6-10-14(13)17-15/h2-11H,1H3,(H,16,17)/t11-/m1/s1. The molecule has 2 heteroatoms. The van der Waals surface area contributed by atoms with Gasteiger partial charge in [0.1, 0.15) is 5.82 Å². The quantitative estimate of drug-likeness (QED) is 0.703. The number of rotatable bonds is 2. The topological polar surface area (TPSA) is 28.7 Å². The first kappa shape index (κ1) is 10.1. The molecule has 84 valence electrons. The molecule has 17 heavy (non-hydrogen) atoms. The predicted molar refractivity (Wildman–Crippen MR) is 70.1 cm³/mol. The monoisotopic (exact) mass is 222 g/mol. The minimum absolute atomic E-state index is 0.295. The molecular weight excluding hydrogens is 208 g/mol. The maximum Gasteiger partial charge on any atom is 0.114 e. The van der Waals surface area contributed by atoms with Crippen LogP contribution < -0.4 is 0 Å². The van der Waals surface area contributed by atoms with Crippen LogP contribution in [0.4, 0.5) is 0 Å². The van der Waals surface area contributed by atoms with E-state index >= 15 is 0 Å². The number of H-pyrrole nitrogens is 1. The predicted octanol–water partition coefficient (Wildman–Crippen LogP) is 3.71. The molecule has 0 saturated heterocycles. The van der Waals surface area contributed by atoms with Crippen molar-refractivity contribution in [2.24, 2.45) is 0 Å². The Bertz CT molecular complexity index is 592. The molecule has 1 atom stereocenters. The van der Waals surface area contributed by atoms with E-state index in [0.29, 0.717) is 5.92 Å². The van der Waals surface area contributed by atoms with Crippen LogP contribution in [0.15, 0.2) is 54.6 Å². The second-order valence-electron chi connectivity index (χ2n) is 4.27. The van der Waals surface area contributed by atoms with E-state index in [1.54, 1.807) is 0 Å². The normalized spacial score (nSPS) is 12.8. The lowest BCUT2D eigenvalue weighted by Gasteiger charge is -2.07. The summed E-state index contributed by atoms with van der Waals surface area (Å²) in [6.07, 6.45) is 0. The highest BCUT2D eigenvalue weighted by Crippen LogP contribution is 2.23. The molecule has 3 aromatic rings. The first-order valence-corrected chi connectivity index (χ1v) is 5.84. The third kappa shape index (κ3) is 1.82. The number of aromatic nitrogens is 2. The fourth-order valence-electron chi connectivity index (χ4n) is 2.08. The van der Waals surface area contributed by atoms with Gasteiger partial charge in [0.2, 0.25) is 0 Å². The van der Waals surface area contributed by atoms with Crippen LogP contribution in [0.2, 0.25) is 0 Å². The van der Waals surface area contributed by atoms with Gasteiger partial charge in [-0.15, -0.1) is 0 Å². The van der Waals surface area contributed by atoms with Crippen LogP contribution in [0.25, 0.3) is 11.0 Å². The summed E-state index contributed by atoms with van der Waals surface area (Å²) < 4.78 is 0. The lowest BCUT2D eigenvalue weighted by molar-refractivity contribution is 0.846. The molecule has 3 rings (SSSR count). The van der Waals surface area contributed by atoms with Crippen molar-refractivity contribution in [2.75, 3.05) is 0 Å². The highest BCUT2D eigenvalue weighted by molar-refractivity contribution is 5.74. The average molecular weight is 222 g/mol. The summed E-state index contributed by atoms with van der Waals surface area (Å²) in [5.74, 6) is 1.32. The van der Waals surface area contributed by atoms with Crippen LogP contribution in [0.1, 0.15) is 24.2 Å². The Morgan fingerprint density at radius 3 is 2.41 bits per heavy atom. The molecule has 0 radical (unpaired) electrons. The molecule has 2 aromatic carbocycles. The van der Waals surface area contributed by atoms with Crippen molar-refractivity contribution < 1.29 is 0 Å². The highest BCUT2D eigenvalue weighted by atomic mass is 14.9. The number of hydrogen-bond donors (Lipinski definition) is 1. The van der Waals surface area contributed by atoms with Gasteiger partial charge in [-0.1, -0.05) is 49.4 Å². The summed E-state index contributed by atoms with van der Waals surface area (Å²) in [7, 11) is 0. The second-order valence-corrected chi connectivity index (χ2v) is 4.27. The number of nitrogens with zero attached hydrogens (tertiary/aromatic N) is 1. The van der Waals surface area contributed by atoms with E-state index < -0.39 is 0 Å². The van der Waals surface area contributed by atoms with Gasteiger partial charge in [-0.3, -0.25) is 0 Å². The SMILES string of the molecule is C[C@H](c1ccccc1)c1nc2ccccc2[nH]1. The van der Waals surface area contributed by atoms with Gasteiger partial charge in [-0.25, -0.2) is 4.98 Å². The molecule has 1 N–H and O–H groups in total. The minimum Gasteiger partial charge on any atom is -0.341 e. The zero-order chi connectivity index (χ0) is 11.7. The van der Waals surface area contributed by atoms with Crippen molar-refractivity contribution in [3.63, 3.8) is 0 Å². The van der Waals surface area contributed by atoms with E-state index in [9.17, 15) is 0 Å². The Hall–Kier alpha value is -2.09. The summed E-state index contributed by atoms with van der Waals surface area (Å²) in [6, 6.07) is 18.6. The number of fused-ring (bicyclic) bond motifs is 1. The Morgan fingerprint density at radius 1 is 0.941 bits per heavy atom. The van der Waals surface area contributed by atoms with Gasteiger partial charge in [-0.05, 0) is 17.7 Å². The lowest BCUT2D eigenvalue weighted by Crippen LogP contribution is -1.97. The van der Waals surface area contributed by atoms with E-state index in [2.05, 4.69) is 47.2 Å². The van der Waals surface area contributed by atoms with E-state index in [4.69, 9.17) is 0 Å². The van der Waals surface area contributed by atoms with Crippen LogP contribution in [-0.2, 0) is 0 Å². The zero-order valence-corrected chi connectivity index (χ0v) is 9.72. The zero-order valence-electron chi connectivity index (χ0n) is 9.72. The maximum absolute atomic E-state index is 4.63. The van der Waals surface area contributed by atoms with Crippen molar-refractivity contribution in [3.8, 4) is 0 Å². The van der Waals surface area contributed by atoms with Crippen molar-refractivity contribution >= 4 is 11.0 Å². The van der Waals surface area contributed by atoms with E-state index in [-0.39, 0.29) is 0 Å². The first-order chi connectivity index (χ1) is 8.34. The highest BCUT2D eigenvalue weighted by Gasteiger charge is 2.12. The van der Waals surface area contributed by atoms with Gasteiger partial charge in [-0.2, -0.15) is 0 Å². The molecule has 0 saturated carbocycles. The third-order valence-corrected chi connectivity index (χ3v) is 3.12. The Labute approximate surface area is 100 Å². The van der Waals surface area contributed by atoms with Gasteiger partial charge in [0.05, 0.1) is 11.0 Å². The van der Waals surface area contributed by atoms with Crippen molar-refractivity contribution in [2.45, 2.75) is 12.8 Å². The molecule has 1 aromatic heterocycles. The molecule has 0 unspecified atom stereocenters. The Balaban J connectivity index is 2.04. The number of para-hydroxylation sites is 2. The Morgan fingerprint density at radius 2 is 1.65 bits per heavy atom. The molecule has 0 spiro atoms. The molecule has 1 heterocycles. The summed E-state index contributed by atoms with van der Waals surface area (Å²) >= 11 is 0. The number of imidazole rings is 1. The van der Waals surface area contributed by atoms with Crippen LogP contribution >= 0.6 is 0 Å². The molecule has 0 bridgehead atoms. The van der Waals surface area contributed by atoms with Gasteiger partial charge >= 0.3 is 0 Å². The minimum atomic E-state index is 0.295. The molecule has 0 fully saturated rings. The van der Waals surface area contributed by atoms with Gasteiger partial charge in [0.25, 0.3) is 0 Å². The van der Waals surface area contributed by atoms with Crippen LogP contribution in [0.3, 0.4) is 0 Å². The number of nitrogens with one attached hydrogen (secondary N) is 1. The fraction of sp³-hybridized carbons (Fsp3) is 0.133. The molecule has 0 aliphatic rings. The summed E-state index contributed by atoms with van der Waals surface area (Å²) in [5, 5.41) is 0. The lowest BCUT2D eigenvalue weighted by atomic mass is 10.0. The number of benzene rings is 2. The molecule has 0 aliphatic heterocycles. The third-order valence-electron chi connectivity index (χ3n) is 3.12. The molecule has 0 amide bonds. The summed E-state index contributed by atoms with van der Waals surface area (Å²) in [4.78, 5) is 8.02. The van der Waals surface area contributed by atoms with Gasteiger partial charge in [0, 0.05) is 5.92 Å². The van der Waals surface area contributed by atoms with Crippen LogP contribution in [-0.4, -0.2) is 9.97 Å². The van der Waals surface area contributed by atoms with E-state index in [0.717, 1.165) is 16.9 Å². The maximum atomic E-state index is 4.63. The van der Waals surface area contributed by atoms with Crippen molar-refractivity contribution in [3.05, 3.63) is 66.0 Å². The fourth-order valence-corrected chi connectivity index (χ4v) is 2.08. The molecule has 2 nitrogen and oxygen atoms in total. The number of aromatic amines is 1. The summed E-state index contributed by atoms with van der Waals surface area (Å²) in [5.41, 5.74) is 3.42. The average Bonchev–Trinajstić information content (AvgIpc) is 2.82. The van der Waals surface area contributed by atoms with Crippen LogP contribution in [0.5, 0.6) is 0 Å². The van der Waals surface area contributed by atoms with Crippen molar-refractivity contribution in [1.82, 2.24) is 9.97 Å². The second kappa shape index (κ2) is 4.06. The summed E-state index contributed by atoms with van der Waals surface area (Å²) in [6.45, 7) is 2.17. The Kier molecular flexibility index (Phi) is 2.41. The van der Waals surface area contributed by atoms with Gasteiger partial charge < -0.3 is 4.98 Å². The largest absolute Gasteiger partial charge is 0.341 e. The molecule has 0 aliphatic carbocycles. The first-order valence-electron chi connectivity index (χ1n) is 5.84. The van der Waals surface area contributed by atoms with Crippen LogP contribution in [0, 0.1) is 0 Å².